The number of ether oxygens (including phenoxy) is 1. The zero-order chi connectivity index (χ0) is 14.5. The van der Waals surface area contributed by atoms with Gasteiger partial charge in [-0.15, -0.1) is 11.3 Å². The van der Waals surface area contributed by atoms with E-state index in [1.54, 1.807) is 23.5 Å². The fourth-order valence-electron chi connectivity index (χ4n) is 1.51. The van der Waals surface area contributed by atoms with Crippen LogP contribution in [-0.2, 0) is 11.4 Å². The topological polar surface area (TPSA) is 59.4 Å². The van der Waals surface area contributed by atoms with Crippen LogP contribution in [0.15, 0.2) is 34.1 Å². The summed E-state index contributed by atoms with van der Waals surface area (Å²) in [6.07, 6.45) is 2.63. The maximum absolute atomic E-state index is 10.5. The maximum Gasteiger partial charge on any atom is 0.328 e. The van der Waals surface area contributed by atoms with E-state index in [1.165, 1.54) is 6.08 Å². The number of aryl methyl sites for hydroxylation is 1. The predicted molar refractivity (Wildman–Crippen MR) is 82.0 cm³/mol. The minimum atomic E-state index is -0.972. The summed E-state index contributed by atoms with van der Waals surface area (Å²) >= 11 is 4.97. The minimum absolute atomic E-state index is 0.418. The normalized spacial score (nSPS) is 10.9. The standard InChI is InChI=1S/C14H12BrNO3S/c1-9-8-20-13(16-9)7-19-12-4-2-10(6-11(12)15)3-5-14(17)18/h2-6,8H,7H2,1H3,(H,17,18)/b5-3+. The number of rotatable bonds is 5. The second-order valence-electron chi connectivity index (χ2n) is 4.03. The van der Waals surface area contributed by atoms with Gasteiger partial charge in [-0.2, -0.15) is 0 Å². The Kier molecular flexibility index (Phi) is 4.92. The van der Waals surface area contributed by atoms with Crippen molar-refractivity contribution in [2.45, 2.75) is 13.5 Å². The van der Waals surface area contributed by atoms with Gasteiger partial charge in [0.05, 0.1) is 4.47 Å². The van der Waals surface area contributed by atoms with Crippen molar-refractivity contribution in [3.8, 4) is 5.75 Å². The van der Waals surface area contributed by atoms with Gasteiger partial charge in [-0.3, -0.25) is 0 Å². The van der Waals surface area contributed by atoms with Crippen molar-refractivity contribution in [2.75, 3.05) is 0 Å². The van der Waals surface area contributed by atoms with Gasteiger partial charge in [0.1, 0.15) is 17.4 Å². The summed E-state index contributed by atoms with van der Waals surface area (Å²) in [6.45, 7) is 2.36. The first-order valence-electron chi connectivity index (χ1n) is 5.79. The number of carboxylic acid groups (broad SMARTS) is 1. The van der Waals surface area contributed by atoms with Gasteiger partial charge in [0, 0.05) is 17.2 Å². The number of thiazole rings is 1. The van der Waals surface area contributed by atoms with Gasteiger partial charge in [0.15, 0.2) is 0 Å². The third-order valence-electron chi connectivity index (χ3n) is 2.39. The summed E-state index contributed by atoms with van der Waals surface area (Å²) in [7, 11) is 0. The quantitative estimate of drug-likeness (QED) is 0.828. The molecule has 0 radical (unpaired) electrons. The SMILES string of the molecule is Cc1csc(COc2ccc(/C=C/C(=O)O)cc2Br)n1. The summed E-state index contributed by atoms with van der Waals surface area (Å²) in [5.74, 6) is -0.272. The molecule has 20 heavy (non-hydrogen) atoms. The lowest BCUT2D eigenvalue weighted by Gasteiger charge is -2.07. The van der Waals surface area contributed by atoms with E-state index in [2.05, 4.69) is 20.9 Å². The second kappa shape index (κ2) is 6.67. The Balaban J connectivity index is 2.04. The average molecular weight is 354 g/mol. The third-order valence-corrected chi connectivity index (χ3v) is 3.95. The Morgan fingerprint density at radius 3 is 2.95 bits per heavy atom. The molecule has 2 aromatic rings. The fraction of sp³-hybridized carbons (Fsp3) is 0.143. The predicted octanol–water partition coefficient (Wildman–Crippen LogP) is 3.89. The highest BCUT2D eigenvalue weighted by Gasteiger charge is 2.04. The molecule has 6 heteroatoms. The largest absolute Gasteiger partial charge is 0.485 e. The molecular weight excluding hydrogens is 342 g/mol. The second-order valence-corrected chi connectivity index (χ2v) is 5.83. The molecule has 4 nitrogen and oxygen atoms in total. The van der Waals surface area contributed by atoms with E-state index in [9.17, 15) is 4.79 Å². The summed E-state index contributed by atoms with van der Waals surface area (Å²) in [6, 6.07) is 5.40. The molecule has 1 N–H and O–H groups in total. The number of benzene rings is 1. The summed E-state index contributed by atoms with van der Waals surface area (Å²) in [5.41, 5.74) is 1.78. The zero-order valence-electron chi connectivity index (χ0n) is 10.7. The Morgan fingerprint density at radius 2 is 2.35 bits per heavy atom. The molecule has 0 amide bonds. The van der Waals surface area contributed by atoms with Crippen LogP contribution >= 0.6 is 27.3 Å². The molecule has 104 valence electrons. The number of carboxylic acids is 1. The Labute approximate surface area is 128 Å². The molecular formula is C14H12BrNO3S. The number of halogens is 1. The average Bonchev–Trinajstić information content (AvgIpc) is 2.81. The smallest absolute Gasteiger partial charge is 0.328 e. The monoisotopic (exact) mass is 353 g/mol. The first kappa shape index (κ1) is 14.7. The third kappa shape index (κ3) is 4.18. The molecule has 2 rings (SSSR count). The molecule has 0 aliphatic heterocycles. The van der Waals surface area contributed by atoms with Crippen molar-refractivity contribution < 1.29 is 14.6 Å². The van der Waals surface area contributed by atoms with Crippen molar-refractivity contribution in [2.24, 2.45) is 0 Å². The number of hydrogen-bond donors (Lipinski definition) is 1. The van der Waals surface area contributed by atoms with Gasteiger partial charge < -0.3 is 9.84 Å². The highest BCUT2D eigenvalue weighted by molar-refractivity contribution is 9.10. The van der Waals surface area contributed by atoms with Crippen LogP contribution in [-0.4, -0.2) is 16.1 Å². The minimum Gasteiger partial charge on any atom is -0.485 e. The molecule has 0 aliphatic carbocycles. The van der Waals surface area contributed by atoms with Gasteiger partial charge in [-0.05, 0) is 46.6 Å². The molecule has 0 spiro atoms. The number of aromatic nitrogens is 1. The lowest BCUT2D eigenvalue weighted by atomic mass is 10.2. The highest BCUT2D eigenvalue weighted by atomic mass is 79.9. The van der Waals surface area contributed by atoms with Crippen LogP contribution in [0.1, 0.15) is 16.3 Å². The van der Waals surface area contributed by atoms with Crippen molar-refractivity contribution in [1.82, 2.24) is 4.98 Å². The number of carbonyl (C=O) groups is 1. The first-order chi connectivity index (χ1) is 9.54. The van der Waals surface area contributed by atoms with Crippen LogP contribution in [0.4, 0.5) is 0 Å². The van der Waals surface area contributed by atoms with Crippen molar-refractivity contribution >= 4 is 39.3 Å². The van der Waals surface area contributed by atoms with E-state index >= 15 is 0 Å². The molecule has 0 fully saturated rings. The number of aliphatic carboxylic acids is 1. The molecule has 0 atom stereocenters. The van der Waals surface area contributed by atoms with Gasteiger partial charge in [-0.1, -0.05) is 6.07 Å². The highest BCUT2D eigenvalue weighted by Crippen LogP contribution is 2.27. The Morgan fingerprint density at radius 1 is 1.55 bits per heavy atom. The molecule has 0 saturated heterocycles. The molecule has 0 unspecified atom stereocenters. The van der Waals surface area contributed by atoms with E-state index in [1.807, 2.05) is 18.4 Å². The van der Waals surface area contributed by atoms with Crippen molar-refractivity contribution in [3.05, 3.63) is 50.4 Å². The molecule has 0 bridgehead atoms. The summed E-state index contributed by atoms with van der Waals surface area (Å²) in [5, 5.41) is 11.5. The van der Waals surface area contributed by atoms with Crippen LogP contribution in [0.25, 0.3) is 6.08 Å². The molecule has 1 aromatic carbocycles. The van der Waals surface area contributed by atoms with Crippen molar-refractivity contribution in [3.63, 3.8) is 0 Å². The lowest BCUT2D eigenvalue weighted by Crippen LogP contribution is -1.95. The number of nitrogens with zero attached hydrogens (tertiary/aromatic N) is 1. The Hall–Kier alpha value is -1.66. The summed E-state index contributed by atoms with van der Waals surface area (Å²) < 4.78 is 6.45. The van der Waals surface area contributed by atoms with Crippen LogP contribution < -0.4 is 4.74 Å². The van der Waals surface area contributed by atoms with E-state index in [0.717, 1.165) is 26.8 Å². The van der Waals surface area contributed by atoms with Gasteiger partial charge in [-0.25, -0.2) is 9.78 Å². The molecule has 1 heterocycles. The van der Waals surface area contributed by atoms with Gasteiger partial charge >= 0.3 is 5.97 Å². The van der Waals surface area contributed by atoms with Crippen LogP contribution in [0.3, 0.4) is 0 Å². The molecule has 0 aliphatic rings. The number of hydrogen-bond acceptors (Lipinski definition) is 4. The van der Waals surface area contributed by atoms with Crippen molar-refractivity contribution in [1.29, 1.82) is 0 Å². The van der Waals surface area contributed by atoms with E-state index < -0.39 is 5.97 Å². The fourth-order valence-corrected chi connectivity index (χ4v) is 2.71. The van der Waals surface area contributed by atoms with E-state index in [0.29, 0.717) is 12.4 Å². The zero-order valence-corrected chi connectivity index (χ0v) is 13.1. The van der Waals surface area contributed by atoms with E-state index in [4.69, 9.17) is 9.84 Å². The van der Waals surface area contributed by atoms with Gasteiger partial charge in [0.2, 0.25) is 0 Å². The van der Waals surface area contributed by atoms with E-state index in [-0.39, 0.29) is 0 Å². The van der Waals surface area contributed by atoms with Crippen LogP contribution in [0.5, 0.6) is 5.75 Å². The Bertz CT molecular complexity index is 652. The van der Waals surface area contributed by atoms with Crippen LogP contribution in [0, 0.1) is 6.92 Å². The molecule has 0 saturated carbocycles. The maximum atomic E-state index is 10.5. The van der Waals surface area contributed by atoms with Crippen LogP contribution in [0.2, 0.25) is 0 Å². The summed E-state index contributed by atoms with van der Waals surface area (Å²) in [4.78, 5) is 14.8. The molecule has 1 aromatic heterocycles. The lowest BCUT2D eigenvalue weighted by molar-refractivity contribution is -0.131. The first-order valence-corrected chi connectivity index (χ1v) is 7.46. The van der Waals surface area contributed by atoms with Gasteiger partial charge in [0.25, 0.3) is 0 Å².